The predicted molar refractivity (Wildman–Crippen MR) is 133 cm³/mol. The molecule has 2 N–H and O–H groups in total. The zero-order chi connectivity index (χ0) is 20.3. The van der Waals surface area contributed by atoms with Crippen molar-refractivity contribution in [3.05, 3.63) is 83.7 Å². The van der Waals surface area contributed by atoms with Gasteiger partial charge in [0, 0.05) is 39.1 Å². The summed E-state index contributed by atoms with van der Waals surface area (Å²) in [5, 5.41) is 11.0. The molecule has 0 saturated carbocycles. The number of aromatic nitrogens is 2. The number of hydrogen-bond acceptors (Lipinski definition) is 3. The fourth-order valence-corrected chi connectivity index (χ4v) is 3.04. The standard InChI is InChI=1S/C23H29N5O.HI/c1-3-29-18-21-8-5-4-7-20(21)17-26-23(24-2)25-15-13-19-9-11-22(12-10-19)28-16-6-14-27-28;/h4-12,14,16H,3,13,15,17-18H2,1-2H3,(H2,24,25,26);1H. The Morgan fingerprint density at radius 2 is 1.80 bits per heavy atom. The number of benzene rings is 2. The van der Waals surface area contributed by atoms with Gasteiger partial charge in [-0.3, -0.25) is 4.99 Å². The molecule has 1 aromatic heterocycles. The molecule has 0 bridgehead atoms. The van der Waals surface area contributed by atoms with Gasteiger partial charge in [-0.15, -0.1) is 24.0 Å². The molecule has 2 aromatic carbocycles. The smallest absolute Gasteiger partial charge is 0.191 e. The number of rotatable bonds is 9. The van der Waals surface area contributed by atoms with Crippen LogP contribution in [0.1, 0.15) is 23.6 Å². The van der Waals surface area contributed by atoms with E-state index in [1.165, 1.54) is 16.7 Å². The van der Waals surface area contributed by atoms with Crippen molar-refractivity contribution in [2.24, 2.45) is 4.99 Å². The Balaban J connectivity index is 0.00000320. The van der Waals surface area contributed by atoms with Gasteiger partial charge in [-0.1, -0.05) is 36.4 Å². The van der Waals surface area contributed by atoms with Crippen LogP contribution in [0.25, 0.3) is 5.69 Å². The van der Waals surface area contributed by atoms with E-state index in [0.29, 0.717) is 19.8 Å². The van der Waals surface area contributed by atoms with Crippen molar-refractivity contribution in [1.29, 1.82) is 0 Å². The van der Waals surface area contributed by atoms with Gasteiger partial charge in [0.05, 0.1) is 12.3 Å². The molecule has 0 aliphatic rings. The second kappa shape index (κ2) is 13.0. The summed E-state index contributed by atoms with van der Waals surface area (Å²) < 4.78 is 7.42. The number of ether oxygens (including phenoxy) is 1. The highest BCUT2D eigenvalue weighted by atomic mass is 127. The molecule has 0 aliphatic carbocycles. The highest BCUT2D eigenvalue weighted by molar-refractivity contribution is 14.0. The Kier molecular flexibility index (Phi) is 10.4. The minimum absolute atomic E-state index is 0. The number of guanidine groups is 1. The first-order valence-corrected chi connectivity index (χ1v) is 9.98. The Labute approximate surface area is 195 Å². The molecule has 7 heteroatoms. The molecule has 0 unspecified atom stereocenters. The normalized spacial score (nSPS) is 11.1. The molecule has 0 saturated heterocycles. The van der Waals surface area contributed by atoms with Gasteiger partial charge in [0.15, 0.2) is 5.96 Å². The molecule has 0 fully saturated rings. The van der Waals surface area contributed by atoms with Gasteiger partial charge in [-0.05, 0) is 48.2 Å². The third-order valence-electron chi connectivity index (χ3n) is 4.66. The Bertz CT molecular complexity index is 894. The van der Waals surface area contributed by atoms with Gasteiger partial charge >= 0.3 is 0 Å². The van der Waals surface area contributed by atoms with E-state index >= 15 is 0 Å². The summed E-state index contributed by atoms with van der Waals surface area (Å²) >= 11 is 0. The van der Waals surface area contributed by atoms with Crippen molar-refractivity contribution < 1.29 is 4.74 Å². The van der Waals surface area contributed by atoms with Crippen molar-refractivity contribution in [2.75, 3.05) is 20.2 Å². The molecule has 160 valence electrons. The first-order valence-electron chi connectivity index (χ1n) is 9.98. The fraction of sp³-hybridized carbons (Fsp3) is 0.304. The van der Waals surface area contributed by atoms with Gasteiger partial charge in [-0.2, -0.15) is 5.10 Å². The average molecular weight is 519 g/mol. The van der Waals surface area contributed by atoms with Crippen LogP contribution in [0.2, 0.25) is 0 Å². The first-order chi connectivity index (χ1) is 14.3. The van der Waals surface area contributed by atoms with Gasteiger partial charge in [0.1, 0.15) is 0 Å². The monoisotopic (exact) mass is 519 g/mol. The highest BCUT2D eigenvalue weighted by Gasteiger charge is 2.04. The van der Waals surface area contributed by atoms with Crippen LogP contribution in [-0.2, 0) is 24.3 Å². The molecule has 0 spiro atoms. The van der Waals surface area contributed by atoms with Crippen molar-refractivity contribution in [2.45, 2.75) is 26.5 Å². The number of nitrogens with zero attached hydrogens (tertiary/aromatic N) is 3. The predicted octanol–water partition coefficient (Wildman–Crippen LogP) is 3.93. The fourth-order valence-electron chi connectivity index (χ4n) is 3.04. The van der Waals surface area contributed by atoms with Crippen LogP contribution in [-0.4, -0.2) is 35.9 Å². The lowest BCUT2D eigenvalue weighted by Crippen LogP contribution is -2.38. The summed E-state index contributed by atoms with van der Waals surface area (Å²) in [7, 11) is 1.79. The van der Waals surface area contributed by atoms with Crippen LogP contribution in [0.15, 0.2) is 72.0 Å². The minimum atomic E-state index is 0. The molecule has 0 aliphatic heterocycles. The molecule has 0 atom stereocenters. The molecule has 0 amide bonds. The summed E-state index contributed by atoms with van der Waals surface area (Å²) in [6.45, 7) is 4.88. The third-order valence-corrected chi connectivity index (χ3v) is 4.66. The largest absolute Gasteiger partial charge is 0.377 e. The minimum Gasteiger partial charge on any atom is -0.377 e. The zero-order valence-electron chi connectivity index (χ0n) is 17.5. The van der Waals surface area contributed by atoms with Gasteiger partial charge in [0.25, 0.3) is 0 Å². The van der Waals surface area contributed by atoms with Crippen LogP contribution in [0.5, 0.6) is 0 Å². The highest BCUT2D eigenvalue weighted by Crippen LogP contribution is 2.10. The quantitative estimate of drug-likeness (QED) is 0.256. The van der Waals surface area contributed by atoms with E-state index < -0.39 is 0 Å². The van der Waals surface area contributed by atoms with Gasteiger partial charge in [0.2, 0.25) is 0 Å². The lowest BCUT2D eigenvalue weighted by molar-refractivity contribution is 0.133. The molecule has 1 heterocycles. The Morgan fingerprint density at radius 3 is 2.47 bits per heavy atom. The number of hydrogen-bond donors (Lipinski definition) is 2. The van der Waals surface area contributed by atoms with Crippen molar-refractivity contribution in [1.82, 2.24) is 20.4 Å². The number of halogens is 1. The van der Waals surface area contributed by atoms with E-state index in [2.05, 4.69) is 63.2 Å². The summed E-state index contributed by atoms with van der Waals surface area (Å²) in [5.41, 5.74) is 4.76. The second-order valence-corrected chi connectivity index (χ2v) is 6.63. The Hall–Kier alpha value is -2.39. The van der Waals surface area contributed by atoms with E-state index in [0.717, 1.165) is 24.6 Å². The summed E-state index contributed by atoms with van der Waals surface area (Å²) in [6, 6.07) is 18.7. The molecular weight excluding hydrogens is 489 g/mol. The average Bonchev–Trinajstić information content (AvgIpc) is 3.30. The maximum atomic E-state index is 5.56. The topological polar surface area (TPSA) is 63.5 Å². The summed E-state index contributed by atoms with van der Waals surface area (Å²) in [5.74, 6) is 0.796. The van der Waals surface area contributed by atoms with Crippen LogP contribution in [0, 0.1) is 0 Å². The van der Waals surface area contributed by atoms with E-state index in [-0.39, 0.29) is 24.0 Å². The van der Waals surface area contributed by atoms with Crippen molar-refractivity contribution in [3.8, 4) is 5.69 Å². The molecule has 3 aromatic rings. The molecule has 3 rings (SSSR count). The molecular formula is C23H30IN5O. The maximum Gasteiger partial charge on any atom is 0.191 e. The number of aliphatic imine (C=N–C) groups is 1. The van der Waals surface area contributed by atoms with Crippen LogP contribution in [0.4, 0.5) is 0 Å². The first kappa shape index (κ1) is 23.9. The van der Waals surface area contributed by atoms with E-state index in [1.807, 2.05) is 29.9 Å². The third kappa shape index (κ3) is 7.14. The van der Waals surface area contributed by atoms with Crippen molar-refractivity contribution >= 4 is 29.9 Å². The van der Waals surface area contributed by atoms with E-state index in [1.54, 1.807) is 13.2 Å². The van der Waals surface area contributed by atoms with E-state index in [9.17, 15) is 0 Å². The van der Waals surface area contributed by atoms with Crippen molar-refractivity contribution in [3.63, 3.8) is 0 Å². The zero-order valence-corrected chi connectivity index (χ0v) is 19.9. The molecule has 6 nitrogen and oxygen atoms in total. The molecule has 0 radical (unpaired) electrons. The van der Waals surface area contributed by atoms with Crippen LogP contribution in [0.3, 0.4) is 0 Å². The van der Waals surface area contributed by atoms with Crippen LogP contribution < -0.4 is 10.6 Å². The van der Waals surface area contributed by atoms with Gasteiger partial charge in [-0.25, -0.2) is 4.68 Å². The summed E-state index contributed by atoms with van der Waals surface area (Å²) in [4.78, 5) is 4.33. The maximum absolute atomic E-state index is 5.56. The number of nitrogens with one attached hydrogen (secondary N) is 2. The van der Waals surface area contributed by atoms with Gasteiger partial charge < -0.3 is 15.4 Å². The van der Waals surface area contributed by atoms with E-state index in [4.69, 9.17) is 4.74 Å². The lowest BCUT2D eigenvalue weighted by atomic mass is 10.1. The lowest BCUT2D eigenvalue weighted by Gasteiger charge is -2.14. The Morgan fingerprint density at radius 1 is 1.03 bits per heavy atom. The second-order valence-electron chi connectivity index (χ2n) is 6.63. The summed E-state index contributed by atoms with van der Waals surface area (Å²) in [6.07, 6.45) is 4.64. The SMILES string of the molecule is CCOCc1ccccc1CNC(=NC)NCCc1ccc(-n2cccn2)cc1.I. The van der Waals surface area contributed by atoms with Crippen LogP contribution >= 0.6 is 24.0 Å². The molecule has 30 heavy (non-hydrogen) atoms.